The van der Waals surface area contributed by atoms with E-state index < -0.39 is 0 Å². The quantitative estimate of drug-likeness (QED) is 0.417. The fourth-order valence-corrected chi connectivity index (χ4v) is 2.17. The fraction of sp³-hybridized carbons (Fsp3) is 0.375. The molecular weight excluding hydrogens is 407 g/mol. The highest BCUT2D eigenvalue weighted by atomic mass is 127. The van der Waals surface area contributed by atoms with Gasteiger partial charge in [-0.1, -0.05) is 25.1 Å². The third kappa shape index (κ3) is 5.12. The number of anilines is 1. The molecule has 0 aliphatic heterocycles. The van der Waals surface area contributed by atoms with Crippen molar-refractivity contribution in [2.75, 3.05) is 12.4 Å². The van der Waals surface area contributed by atoms with E-state index in [1.54, 1.807) is 7.11 Å². The van der Waals surface area contributed by atoms with Crippen LogP contribution in [0.2, 0.25) is 0 Å². The second kappa shape index (κ2) is 9.39. The number of nitrogens with zero attached hydrogens (tertiary/aromatic N) is 2. The van der Waals surface area contributed by atoms with Crippen LogP contribution in [0.25, 0.3) is 0 Å². The van der Waals surface area contributed by atoms with Gasteiger partial charge in [0.15, 0.2) is 5.96 Å². The molecule has 0 amide bonds. The highest BCUT2D eigenvalue weighted by Gasteiger charge is 2.12. The van der Waals surface area contributed by atoms with Crippen LogP contribution in [-0.2, 0) is 19.4 Å². The molecule has 3 N–H and O–H groups in total. The van der Waals surface area contributed by atoms with Crippen LogP contribution in [0.4, 0.5) is 5.69 Å². The highest BCUT2D eigenvalue weighted by molar-refractivity contribution is 14.0. The summed E-state index contributed by atoms with van der Waals surface area (Å²) in [5.74, 6) is 1.98. The number of hydrogen-bond acceptors (Lipinski definition) is 4. The zero-order chi connectivity index (χ0) is 15.9. The number of nitrogens with two attached hydrogens (primary N) is 1. The average Bonchev–Trinajstić information content (AvgIpc) is 2.95. The van der Waals surface area contributed by atoms with Gasteiger partial charge in [0.25, 0.3) is 0 Å². The lowest BCUT2D eigenvalue weighted by Crippen LogP contribution is -2.22. The molecule has 2 rings (SSSR count). The first kappa shape index (κ1) is 19.3. The number of rotatable bonds is 6. The van der Waals surface area contributed by atoms with E-state index in [1.165, 1.54) is 0 Å². The van der Waals surface area contributed by atoms with Gasteiger partial charge in [-0.2, -0.15) is 0 Å². The number of guanidine groups is 1. The molecule has 7 heteroatoms. The SMILES string of the molecule is CCc1noc(CC)c1CN=C(N)Nc1cccc(OC)c1.I. The van der Waals surface area contributed by atoms with Gasteiger partial charge in [0.05, 0.1) is 19.3 Å². The Kier molecular flexibility index (Phi) is 7.87. The maximum absolute atomic E-state index is 5.94. The number of benzene rings is 1. The Morgan fingerprint density at radius 1 is 1.35 bits per heavy atom. The van der Waals surface area contributed by atoms with E-state index in [0.717, 1.165) is 41.3 Å². The lowest BCUT2D eigenvalue weighted by atomic mass is 10.1. The average molecular weight is 430 g/mol. The number of ether oxygens (including phenoxy) is 1. The van der Waals surface area contributed by atoms with Gasteiger partial charge in [-0.3, -0.25) is 0 Å². The van der Waals surface area contributed by atoms with Gasteiger partial charge in [-0.15, -0.1) is 24.0 Å². The molecule has 0 spiro atoms. The molecule has 0 aliphatic rings. The van der Waals surface area contributed by atoms with E-state index in [0.29, 0.717) is 12.5 Å². The maximum atomic E-state index is 5.94. The minimum absolute atomic E-state index is 0. The predicted octanol–water partition coefficient (Wildman–Crippen LogP) is 3.35. The molecule has 0 atom stereocenters. The Bertz CT molecular complexity index is 634. The van der Waals surface area contributed by atoms with Crippen LogP contribution < -0.4 is 15.8 Å². The Morgan fingerprint density at radius 3 is 2.78 bits per heavy atom. The Labute approximate surface area is 153 Å². The van der Waals surface area contributed by atoms with Gasteiger partial charge in [0.2, 0.25) is 0 Å². The molecular formula is C16H23IN4O2. The van der Waals surface area contributed by atoms with Crippen molar-refractivity contribution in [1.29, 1.82) is 0 Å². The zero-order valence-corrected chi connectivity index (χ0v) is 16.0. The molecule has 0 radical (unpaired) electrons. The molecule has 23 heavy (non-hydrogen) atoms. The number of nitrogens with one attached hydrogen (secondary N) is 1. The third-order valence-electron chi connectivity index (χ3n) is 3.36. The van der Waals surface area contributed by atoms with E-state index in [2.05, 4.69) is 15.5 Å². The maximum Gasteiger partial charge on any atom is 0.193 e. The van der Waals surface area contributed by atoms with E-state index in [9.17, 15) is 0 Å². The number of aliphatic imine (C=N–C) groups is 1. The molecule has 6 nitrogen and oxygen atoms in total. The van der Waals surface area contributed by atoms with Gasteiger partial charge in [0.1, 0.15) is 11.5 Å². The number of aromatic nitrogens is 1. The molecule has 1 aromatic heterocycles. The van der Waals surface area contributed by atoms with Crippen molar-refractivity contribution in [3.05, 3.63) is 41.3 Å². The molecule has 0 bridgehead atoms. The van der Waals surface area contributed by atoms with Crippen molar-refractivity contribution in [2.45, 2.75) is 33.2 Å². The van der Waals surface area contributed by atoms with E-state index in [4.69, 9.17) is 15.0 Å². The summed E-state index contributed by atoms with van der Waals surface area (Å²) in [5, 5.41) is 7.12. The first-order valence-electron chi connectivity index (χ1n) is 7.35. The fourth-order valence-electron chi connectivity index (χ4n) is 2.17. The van der Waals surface area contributed by atoms with Gasteiger partial charge in [-0.05, 0) is 18.6 Å². The summed E-state index contributed by atoms with van der Waals surface area (Å²) in [6.07, 6.45) is 1.61. The molecule has 0 unspecified atom stereocenters. The monoisotopic (exact) mass is 430 g/mol. The van der Waals surface area contributed by atoms with Crippen LogP contribution in [0.1, 0.15) is 30.9 Å². The second-order valence-corrected chi connectivity index (χ2v) is 4.80. The minimum Gasteiger partial charge on any atom is -0.497 e. The first-order valence-corrected chi connectivity index (χ1v) is 7.35. The number of hydrogen-bond donors (Lipinski definition) is 2. The van der Waals surface area contributed by atoms with E-state index in [-0.39, 0.29) is 24.0 Å². The normalized spacial score (nSPS) is 11.0. The molecule has 0 saturated carbocycles. The van der Waals surface area contributed by atoms with Crippen molar-refractivity contribution in [3.8, 4) is 5.75 Å². The van der Waals surface area contributed by atoms with E-state index >= 15 is 0 Å². The van der Waals surface area contributed by atoms with Crippen molar-refractivity contribution in [1.82, 2.24) is 5.16 Å². The standard InChI is InChI=1S/C16H22N4O2.HI/c1-4-14-13(15(5-2)22-20-14)10-18-16(17)19-11-7-6-8-12(9-11)21-3;/h6-9H,4-5,10H2,1-3H3,(H3,17,18,19);1H. The van der Waals surface area contributed by atoms with Crippen LogP contribution >= 0.6 is 24.0 Å². The largest absolute Gasteiger partial charge is 0.497 e. The Balaban J connectivity index is 0.00000264. The number of methoxy groups -OCH3 is 1. The summed E-state index contributed by atoms with van der Waals surface area (Å²) in [7, 11) is 1.63. The molecule has 0 saturated heterocycles. The highest BCUT2D eigenvalue weighted by Crippen LogP contribution is 2.18. The molecule has 0 fully saturated rings. The Morgan fingerprint density at radius 2 is 2.13 bits per heavy atom. The smallest absolute Gasteiger partial charge is 0.193 e. The summed E-state index contributed by atoms with van der Waals surface area (Å²) >= 11 is 0. The van der Waals surface area contributed by atoms with Crippen molar-refractivity contribution < 1.29 is 9.26 Å². The third-order valence-corrected chi connectivity index (χ3v) is 3.36. The Hall–Kier alpha value is -1.77. The first-order chi connectivity index (χ1) is 10.7. The molecule has 1 heterocycles. The molecule has 2 aromatic rings. The topological polar surface area (TPSA) is 85.7 Å². The molecule has 1 aromatic carbocycles. The minimum atomic E-state index is 0. The summed E-state index contributed by atoms with van der Waals surface area (Å²) in [4.78, 5) is 4.38. The van der Waals surface area contributed by atoms with Gasteiger partial charge in [0, 0.05) is 23.7 Å². The molecule has 0 aliphatic carbocycles. The van der Waals surface area contributed by atoms with E-state index in [1.807, 2.05) is 38.1 Å². The van der Waals surface area contributed by atoms with Crippen molar-refractivity contribution >= 4 is 35.6 Å². The van der Waals surface area contributed by atoms with Gasteiger partial charge in [-0.25, -0.2) is 4.99 Å². The van der Waals surface area contributed by atoms with Crippen molar-refractivity contribution in [3.63, 3.8) is 0 Å². The number of halogens is 1. The van der Waals surface area contributed by atoms with Crippen molar-refractivity contribution in [2.24, 2.45) is 10.7 Å². The summed E-state index contributed by atoms with van der Waals surface area (Å²) < 4.78 is 10.5. The number of aryl methyl sites for hydroxylation is 2. The van der Waals surface area contributed by atoms with Crippen LogP contribution in [-0.4, -0.2) is 18.2 Å². The predicted molar refractivity (Wildman–Crippen MR) is 103 cm³/mol. The van der Waals surface area contributed by atoms with Crippen LogP contribution in [0.5, 0.6) is 5.75 Å². The van der Waals surface area contributed by atoms with Gasteiger partial charge >= 0.3 is 0 Å². The lowest BCUT2D eigenvalue weighted by molar-refractivity contribution is 0.380. The molecule has 126 valence electrons. The van der Waals surface area contributed by atoms with Crippen LogP contribution in [0.15, 0.2) is 33.8 Å². The summed E-state index contributed by atoms with van der Waals surface area (Å²) in [6.45, 7) is 4.53. The second-order valence-electron chi connectivity index (χ2n) is 4.80. The lowest BCUT2D eigenvalue weighted by Gasteiger charge is -2.07. The zero-order valence-electron chi connectivity index (χ0n) is 13.6. The summed E-state index contributed by atoms with van der Waals surface area (Å²) in [6, 6.07) is 7.52. The summed E-state index contributed by atoms with van der Waals surface area (Å²) in [5.41, 5.74) is 8.74. The van der Waals surface area contributed by atoms with Gasteiger partial charge < -0.3 is 20.3 Å². The van der Waals surface area contributed by atoms with Crippen LogP contribution in [0, 0.1) is 0 Å². The van der Waals surface area contributed by atoms with Crippen LogP contribution in [0.3, 0.4) is 0 Å².